The molecule has 0 unspecified atom stereocenters. The Morgan fingerprint density at radius 2 is 2.13 bits per heavy atom. The van der Waals surface area contributed by atoms with Gasteiger partial charge < -0.3 is 10.1 Å². The number of benzene rings is 1. The number of ether oxygens (including phenoxy) is 1. The molecule has 0 aliphatic heterocycles. The minimum atomic E-state index is 0.118. The summed E-state index contributed by atoms with van der Waals surface area (Å²) in [5.74, 6) is 1.36. The molecule has 1 aliphatic rings. The second-order valence-corrected chi connectivity index (χ2v) is 7.00. The zero-order chi connectivity index (χ0) is 16.2. The van der Waals surface area contributed by atoms with Crippen molar-refractivity contribution in [1.82, 2.24) is 10.3 Å². The molecule has 0 radical (unpaired) electrons. The van der Waals surface area contributed by atoms with Crippen molar-refractivity contribution < 1.29 is 9.53 Å². The standard InChI is InChI=1S/C18H22N2O2S/c1-12-9-17(15-10-14(22-2)7-8-16(15)19-12)23-11-18(21)20-13-5-3-4-6-13/h7-10,13H,3-6,11H2,1-2H3,(H,20,21). The Balaban J connectivity index is 1.74. The van der Waals surface area contributed by atoms with Crippen molar-refractivity contribution in [3.8, 4) is 5.75 Å². The number of carbonyl (C=O) groups is 1. The third-order valence-corrected chi connectivity index (χ3v) is 5.24. The van der Waals surface area contributed by atoms with Gasteiger partial charge in [-0.05, 0) is 44.0 Å². The third kappa shape index (κ3) is 3.96. The average molecular weight is 330 g/mol. The molecule has 1 aromatic carbocycles. The van der Waals surface area contributed by atoms with Crippen LogP contribution in [0.3, 0.4) is 0 Å². The summed E-state index contributed by atoms with van der Waals surface area (Å²) in [5.41, 5.74) is 1.89. The summed E-state index contributed by atoms with van der Waals surface area (Å²) in [7, 11) is 1.66. The van der Waals surface area contributed by atoms with Gasteiger partial charge in [0.05, 0.1) is 18.4 Å². The van der Waals surface area contributed by atoms with Crippen LogP contribution in [0.2, 0.25) is 0 Å². The lowest BCUT2D eigenvalue weighted by Crippen LogP contribution is -2.33. The Hall–Kier alpha value is -1.75. The molecule has 1 heterocycles. The zero-order valence-electron chi connectivity index (χ0n) is 13.6. The van der Waals surface area contributed by atoms with Gasteiger partial charge in [-0.25, -0.2) is 0 Å². The molecule has 4 nitrogen and oxygen atoms in total. The molecule has 3 rings (SSSR count). The predicted molar refractivity (Wildman–Crippen MR) is 94.2 cm³/mol. The molecule has 1 N–H and O–H groups in total. The fourth-order valence-electron chi connectivity index (χ4n) is 3.03. The van der Waals surface area contributed by atoms with Gasteiger partial charge in [-0.1, -0.05) is 12.8 Å². The van der Waals surface area contributed by atoms with Crippen molar-refractivity contribution in [2.24, 2.45) is 0 Å². The van der Waals surface area contributed by atoms with Crippen LogP contribution in [0.25, 0.3) is 10.9 Å². The summed E-state index contributed by atoms with van der Waals surface area (Å²) in [6, 6.07) is 8.27. The van der Waals surface area contributed by atoms with Crippen LogP contribution in [0.1, 0.15) is 31.4 Å². The number of pyridine rings is 1. The van der Waals surface area contributed by atoms with Crippen LogP contribution in [-0.2, 0) is 4.79 Å². The molecule has 5 heteroatoms. The molecule has 0 saturated heterocycles. The highest BCUT2D eigenvalue weighted by atomic mass is 32.2. The summed E-state index contributed by atoms with van der Waals surface area (Å²) in [6.45, 7) is 1.98. The van der Waals surface area contributed by atoms with E-state index in [0.717, 1.165) is 40.1 Å². The summed E-state index contributed by atoms with van der Waals surface area (Å²) in [4.78, 5) is 17.8. The van der Waals surface area contributed by atoms with Gasteiger partial charge in [0.25, 0.3) is 0 Å². The lowest BCUT2D eigenvalue weighted by molar-refractivity contribution is -0.119. The molecule has 0 atom stereocenters. The van der Waals surface area contributed by atoms with Gasteiger partial charge in [-0.3, -0.25) is 9.78 Å². The number of amides is 1. The van der Waals surface area contributed by atoms with Crippen LogP contribution < -0.4 is 10.1 Å². The number of aryl methyl sites for hydroxylation is 1. The zero-order valence-corrected chi connectivity index (χ0v) is 14.4. The van der Waals surface area contributed by atoms with Gasteiger partial charge in [0, 0.05) is 22.0 Å². The summed E-state index contributed by atoms with van der Waals surface area (Å²) < 4.78 is 5.31. The first-order valence-electron chi connectivity index (χ1n) is 8.03. The Morgan fingerprint density at radius 1 is 1.35 bits per heavy atom. The van der Waals surface area contributed by atoms with E-state index in [9.17, 15) is 4.79 Å². The minimum absolute atomic E-state index is 0.118. The maximum Gasteiger partial charge on any atom is 0.230 e. The first kappa shape index (κ1) is 16.1. The lowest BCUT2D eigenvalue weighted by Gasteiger charge is -2.12. The molecular weight excluding hydrogens is 308 g/mol. The van der Waals surface area contributed by atoms with E-state index in [4.69, 9.17) is 4.74 Å². The maximum atomic E-state index is 12.1. The van der Waals surface area contributed by atoms with Crippen LogP contribution in [0.15, 0.2) is 29.2 Å². The smallest absolute Gasteiger partial charge is 0.230 e. The highest BCUT2D eigenvalue weighted by Crippen LogP contribution is 2.30. The Morgan fingerprint density at radius 3 is 2.87 bits per heavy atom. The van der Waals surface area contributed by atoms with Crippen LogP contribution in [-0.4, -0.2) is 29.8 Å². The Kier molecular flexibility index (Phi) is 5.06. The van der Waals surface area contributed by atoms with E-state index in [1.54, 1.807) is 18.9 Å². The maximum absolute atomic E-state index is 12.1. The van der Waals surface area contributed by atoms with E-state index in [-0.39, 0.29) is 5.91 Å². The van der Waals surface area contributed by atoms with Gasteiger partial charge in [0.2, 0.25) is 5.91 Å². The lowest BCUT2D eigenvalue weighted by atomic mass is 10.2. The van der Waals surface area contributed by atoms with Crippen molar-refractivity contribution in [3.05, 3.63) is 30.0 Å². The SMILES string of the molecule is COc1ccc2nc(C)cc(SCC(=O)NC3CCCC3)c2c1. The largest absolute Gasteiger partial charge is 0.497 e. The third-order valence-electron chi connectivity index (χ3n) is 4.19. The first-order valence-corrected chi connectivity index (χ1v) is 9.02. The topological polar surface area (TPSA) is 51.2 Å². The minimum Gasteiger partial charge on any atom is -0.497 e. The fraction of sp³-hybridized carbons (Fsp3) is 0.444. The monoisotopic (exact) mass is 330 g/mol. The van der Waals surface area contributed by atoms with Crippen molar-refractivity contribution >= 4 is 28.6 Å². The number of methoxy groups -OCH3 is 1. The normalized spacial score (nSPS) is 15.0. The highest BCUT2D eigenvalue weighted by Gasteiger charge is 2.17. The van der Waals surface area contributed by atoms with Gasteiger partial charge >= 0.3 is 0 Å². The molecular formula is C18H22N2O2S. The number of hydrogen-bond donors (Lipinski definition) is 1. The van der Waals surface area contributed by atoms with Crippen molar-refractivity contribution in [2.45, 2.75) is 43.5 Å². The number of thioether (sulfide) groups is 1. The molecule has 23 heavy (non-hydrogen) atoms. The predicted octanol–water partition coefficient (Wildman–Crippen LogP) is 3.70. The van der Waals surface area contributed by atoms with Crippen molar-refractivity contribution in [3.63, 3.8) is 0 Å². The summed E-state index contributed by atoms with van der Waals surface area (Å²) >= 11 is 1.57. The molecule has 1 fully saturated rings. The molecule has 1 saturated carbocycles. The molecule has 1 aromatic heterocycles. The van der Waals surface area contributed by atoms with Gasteiger partial charge in [0.15, 0.2) is 0 Å². The Labute approximate surface area is 141 Å². The van der Waals surface area contributed by atoms with Crippen LogP contribution >= 0.6 is 11.8 Å². The van der Waals surface area contributed by atoms with E-state index >= 15 is 0 Å². The van der Waals surface area contributed by atoms with Crippen molar-refractivity contribution in [1.29, 1.82) is 0 Å². The number of aromatic nitrogens is 1. The van der Waals surface area contributed by atoms with E-state index in [1.165, 1.54) is 12.8 Å². The molecule has 0 bridgehead atoms. The molecule has 0 spiro atoms. The summed E-state index contributed by atoms with van der Waals surface area (Å²) in [6.07, 6.45) is 4.69. The molecule has 2 aromatic rings. The quantitative estimate of drug-likeness (QED) is 0.849. The number of rotatable bonds is 5. The second kappa shape index (κ2) is 7.21. The van der Waals surface area contributed by atoms with Crippen LogP contribution in [0.5, 0.6) is 5.75 Å². The average Bonchev–Trinajstić information content (AvgIpc) is 3.05. The number of hydrogen-bond acceptors (Lipinski definition) is 4. The highest BCUT2D eigenvalue weighted by molar-refractivity contribution is 8.00. The van der Waals surface area contributed by atoms with E-state index in [1.807, 2.05) is 31.2 Å². The van der Waals surface area contributed by atoms with E-state index < -0.39 is 0 Å². The van der Waals surface area contributed by atoms with Gasteiger partial charge in [-0.2, -0.15) is 0 Å². The van der Waals surface area contributed by atoms with E-state index in [0.29, 0.717) is 11.8 Å². The van der Waals surface area contributed by atoms with Crippen LogP contribution in [0, 0.1) is 6.92 Å². The Bertz CT molecular complexity index is 711. The second-order valence-electron chi connectivity index (χ2n) is 5.98. The number of nitrogens with zero attached hydrogens (tertiary/aromatic N) is 1. The summed E-state index contributed by atoms with van der Waals surface area (Å²) in [5, 5.41) is 4.17. The molecule has 1 aliphatic carbocycles. The number of nitrogens with one attached hydrogen (secondary N) is 1. The van der Waals surface area contributed by atoms with Crippen molar-refractivity contribution in [2.75, 3.05) is 12.9 Å². The fourth-order valence-corrected chi connectivity index (χ4v) is 3.97. The van der Waals surface area contributed by atoms with E-state index in [2.05, 4.69) is 10.3 Å². The molecule has 122 valence electrons. The first-order chi connectivity index (χ1) is 11.2. The van der Waals surface area contributed by atoms with Gasteiger partial charge in [0.1, 0.15) is 5.75 Å². The van der Waals surface area contributed by atoms with Gasteiger partial charge in [-0.15, -0.1) is 11.8 Å². The molecule has 1 amide bonds. The van der Waals surface area contributed by atoms with Crippen LogP contribution in [0.4, 0.5) is 0 Å². The number of fused-ring (bicyclic) bond motifs is 1. The number of carbonyl (C=O) groups excluding carboxylic acids is 1.